The van der Waals surface area contributed by atoms with Crippen LogP contribution in [0.2, 0.25) is 5.02 Å². The fraction of sp³-hybridized carbons (Fsp3) is 0.439. The molecule has 0 unspecified atom stereocenters. The molecular formula is C41H50Cl2N4O5. The molecule has 0 spiro atoms. The van der Waals surface area contributed by atoms with E-state index in [2.05, 4.69) is 26.0 Å². The van der Waals surface area contributed by atoms with Gasteiger partial charge < -0.3 is 24.0 Å². The second-order valence-electron chi connectivity index (χ2n) is 14.2. The first-order valence-electron chi connectivity index (χ1n) is 18.1. The molecule has 0 atom stereocenters. The van der Waals surface area contributed by atoms with E-state index in [4.69, 9.17) is 37.8 Å². The van der Waals surface area contributed by atoms with Crippen LogP contribution >= 0.6 is 23.2 Å². The molecule has 0 aliphatic carbocycles. The summed E-state index contributed by atoms with van der Waals surface area (Å²) < 4.78 is 15.6. The molecular weight excluding hydrogens is 699 g/mol. The van der Waals surface area contributed by atoms with Gasteiger partial charge in [0.25, 0.3) is 0 Å². The number of halogens is 2. The summed E-state index contributed by atoms with van der Waals surface area (Å²) in [7, 11) is 3.61. The maximum atomic E-state index is 13.4. The number of fused-ring (bicyclic) bond motifs is 2. The predicted octanol–water partition coefficient (Wildman–Crippen LogP) is 10.1. The van der Waals surface area contributed by atoms with E-state index in [9.17, 15) is 14.7 Å². The summed E-state index contributed by atoms with van der Waals surface area (Å²) in [4.78, 5) is 27.6. The third-order valence-corrected chi connectivity index (χ3v) is 9.96. The Labute approximate surface area is 316 Å². The van der Waals surface area contributed by atoms with E-state index in [1.807, 2.05) is 73.5 Å². The Kier molecular flexibility index (Phi) is 12.5. The number of rotatable bonds is 15. The third-order valence-electron chi connectivity index (χ3n) is 9.40. The highest BCUT2D eigenvalue weighted by molar-refractivity contribution is 6.35. The van der Waals surface area contributed by atoms with Gasteiger partial charge in [-0.25, -0.2) is 9.59 Å². The summed E-state index contributed by atoms with van der Waals surface area (Å²) in [6.07, 6.45) is 3.30. The molecule has 0 saturated heterocycles. The number of benzene rings is 3. The lowest BCUT2D eigenvalue weighted by molar-refractivity contribution is 0.0296. The molecule has 0 fully saturated rings. The Hall–Kier alpha value is -4.21. The molecule has 11 heteroatoms. The topological polar surface area (TPSA) is 98.8 Å². The average Bonchev–Trinajstić information content (AvgIpc) is 3.60. The quantitative estimate of drug-likeness (QED) is 0.0845. The summed E-state index contributed by atoms with van der Waals surface area (Å²) in [5, 5.41) is 19.3. The highest BCUT2D eigenvalue weighted by atomic mass is 35.5. The summed E-state index contributed by atoms with van der Waals surface area (Å²) in [6.45, 7) is 10.9. The number of unbranched alkanes of at least 4 members (excludes halogenated alkanes) is 1. The Morgan fingerprint density at radius 2 is 1.73 bits per heavy atom. The Morgan fingerprint density at radius 3 is 2.40 bits per heavy atom. The number of aryl methyl sites for hydroxylation is 4. The molecule has 2 heterocycles. The molecule has 0 aliphatic heterocycles. The van der Waals surface area contributed by atoms with Crippen molar-refractivity contribution >= 4 is 56.9 Å². The van der Waals surface area contributed by atoms with E-state index in [1.165, 1.54) is 0 Å². The Bertz CT molecular complexity index is 2070. The molecule has 0 saturated carbocycles. The molecule has 1 N–H and O–H groups in total. The first kappa shape index (κ1) is 39.0. The second kappa shape index (κ2) is 16.6. The number of aromatic carboxylic acids is 1. The van der Waals surface area contributed by atoms with Gasteiger partial charge in [0.2, 0.25) is 0 Å². The maximum Gasteiger partial charge on any atom is 0.410 e. The summed E-state index contributed by atoms with van der Waals surface area (Å²) in [5.41, 5.74) is 5.44. The van der Waals surface area contributed by atoms with Gasteiger partial charge in [-0.05, 0) is 87.9 Å². The van der Waals surface area contributed by atoms with E-state index in [1.54, 1.807) is 11.9 Å². The molecule has 5 rings (SSSR count). The monoisotopic (exact) mass is 748 g/mol. The first-order valence-corrected chi connectivity index (χ1v) is 19.0. The zero-order valence-corrected chi connectivity index (χ0v) is 32.8. The van der Waals surface area contributed by atoms with Crippen LogP contribution in [-0.4, -0.2) is 62.2 Å². The number of hydrogen-bond donors (Lipinski definition) is 1. The molecule has 2 aromatic heterocycles. The zero-order chi connectivity index (χ0) is 37.7. The van der Waals surface area contributed by atoms with Crippen molar-refractivity contribution in [3.63, 3.8) is 0 Å². The molecule has 5 aromatic rings. The van der Waals surface area contributed by atoms with E-state index in [-0.39, 0.29) is 11.6 Å². The average molecular weight is 750 g/mol. The van der Waals surface area contributed by atoms with Gasteiger partial charge in [-0.3, -0.25) is 4.68 Å². The number of hydrogen-bond acceptors (Lipinski definition) is 5. The SMILES string of the molecule is CCc1cc(Cl)c(-c2c(CCl)nn(C)c2CC)c2c1c(CCCOc1cccc3ccccc13)c(C(=O)O)n2CCCCN(C)C(=O)OC(C)(C)C. The van der Waals surface area contributed by atoms with Crippen LogP contribution in [0.1, 0.15) is 86.9 Å². The van der Waals surface area contributed by atoms with Crippen LogP contribution < -0.4 is 4.74 Å². The van der Waals surface area contributed by atoms with E-state index in [0.717, 1.165) is 55.4 Å². The molecule has 0 bridgehead atoms. The minimum absolute atomic E-state index is 0.179. The van der Waals surface area contributed by atoms with Crippen molar-refractivity contribution in [2.24, 2.45) is 7.05 Å². The van der Waals surface area contributed by atoms with Gasteiger partial charge in [-0.15, -0.1) is 11.6 Å². The molecule has 1 amide bonds. The van der Waals surface area contributed by atoms with Crippen LogP contribution in [-0.2, 0) is 43.5 Å². The molecule has 0 aliphatic rings. The van der Waals surface area contributed by atoms with E-state index in [0.29, 0.717) is 68.9 Å². The number of carbonyl (C=O) groups excluding carboxylic acids is 1. The molecule has 3 aromatic carbocycles. The van der Waals surface area contributed by atoms with Gasteiger partial charge in [0.05, 0.1) is 28.7 Å². The predicted molar refractivity (Wildman–Crippen MR) is 210 cm³/mol. The number of alkyl halides is 1. The number of aromatic nitrogens is 3. The largest absolute Gasteiger partial charge is 0.493 e. The summed E-state index contributed by atoms with van der Waals surface area (Å²) in [6, 6.07) is 16.1. The third kappa shape index (κ3) is 8.21. The van der Waals surface area contributed by atoms with Crippen LogP contribution in [0.15, 0.2) is 48.5 Å². The van der Waals surface area contributed by atoms with Gasteiger partial charge in [-0.2, -0.15) is 5.10 Å². The number of carboxylic acids is 1. The first-order chi connectivity index (χ1) is 24.8. The lowest BCUT2D eigenvalue weighted by Gasteiger charge is -2.24. The molecule has 9 nitrogen and oxygen atoms in total. The maximum absolute atomic E-state index is 13.4. The van der Waals surface area contributed by atoms with Gasteiger partial charge in [0, 0.05) is 54.8 Å². The normalized spacial score (nSPS) is 11.8. The van der Waals surface area contributed by atoms with Crippen LogP contribution in [0.5, 0.6) is 5.75 Å². The van der Waals surface area contributed by atoms with Crippen LogP contribution in [0.3, 0.4) is 0 Å². The number of carbonyl (C=O) groups is 2. The number of carboxylic acid groups (broad SMARTS) is 1. The van der Waals surface area contributed by atoms with Crippen LogP contribution in [0.4, 0.5) is 4.79 Å². The van der Waals surface area contributed by atoms with Gasteiger partial charge >= 0.3 is 12.1 Å². The van der Waals surface area contributed by atoms with Crippen LogP contribution in [0, 0.1) is 0 Å². The highest BCUT2D eigenvalue weighted by Gasteiger charge is 2.30. The number of nitrogens with zero attached hydrogens (tertiary/aromatic N) is 4. The number of amides is 1. The minimum Gasteiger partial charge on any atom is -0.493 e. The summed E-state index contributed by atoms with van der Waals surface area (Å²) >= 11 is 13.7. The van der Waals surface area contributed by atoms with Crippen molar-refractivity contribution in [3.8, 4) is 16.9 Å². The lowest BCUT2D eigenvalue weighted by atomic mass is 9.93. The van der Waals surface area contributed by atoms with E-state index < -0.39 is 17.7 Å². The van der Waals surface area contributed by atoms with Gasteiger partial charge in [-0.1, -0.05) is 61.8 Å². The van der Waals surface area contributed by atoms with Crippen molar-refractivity contribution in [2.75, 3.05) is 20.2 Å². The van der Waals surface area contributed by atoms with Crippen molar-refractivity contribution in [3.05, 3.63) is 81.8 Å². The standard InChI is InChI=1S/C41H50Cl2N4O5/c1-8-26-24-30(43)35(36-31(25-42)44-46(7)32(36)9-2)38-34(26)29(19-15-23-51-33-20-14-17-27-16-10-11-18-28(27)33)37(39(48)49)47(38)22-13-12-21-45(6)40(50)52-41(3,4)5/h10-11,14,16-18,20,24H,8-9,12-13,15,19,21-23,25H2,1-7H3,(H,48,49). The van der Waals surface area contributed by atoms with Crippen molar-refractivity contribution in [1.29, 1.82) is 0 Å². The molecule has 0 radical (unpaired) electrons. The number of ether oxygens (including phenoxy) is 2. The minimum atomic E-state index is -1.00. The highest BCUT2D eigenvalue weighted by Crippen LogP contribution is 2.45. The Morgan fingerprint density at radius 1 is 1.00 bits per heavy atom. The smallest absolute Gasteiger partial charge is 0.410 e. The van der Waals surface area contributed by atoms with Crippen molar-refractivity contribution < 1.29 is 24.2 Å². The van der Waals surface area contributed by atoms with Gasteiger partial charge in [0.1, 0.15) is 17.0 Å². The van der Waals surface area contributed by atoms with Crippen LogP contribution in [0.25, 0.3) is 32.8 Å². The molecule has 52 heavy (non-hydrogen) atoms. The second-order valence-corrected chi connectivity index (χ2v) is 14.8. The molecule has 278 valence electrons. The lowest BCUT2D eigenvalue weighted by Crippen LogP contribution is -2.34. The van der Waals surface area contributed by atoms with Crippen molar-refractivity contribution in [1.82, 2.24) is 19.2 Å². The van der Waals surface area contributed by atoms with E-state index >= 15 is 0 Å². The fourth-order valence-electron chi connectivity index (χ4n) is 7.13. The van der Waals surface area contributed by atoms with Crippen molar-refractivity contribution in [2.45, 2.75) is 91.2 Å². The van der Waals surface area contributed by atoms with Gasteiger partial charge in [0.15, 0.2) is 0 Å². The summed E-state index contributed by atoms with van der Waals surface area (Å²) in [5.74, 6) is -0.0233. The fourth-order valence-corrected chi connectivity index (χ4v) is 7.63. The zero-order valence-electron chi connectivity index (χ0n) is 31.3. The Balaban J connectivity index is 1.58.